The summed E-state index contributed by atoms with van der Waals surface area (Å²) in [6, 6.07) is 13.5. The monoisotopic (exact) mass is 354 g/mol. The number of thioether (sulfide) groups is 1. The van der Waals surface area contributed by atoms with Crippen molar-refractivity contribution in [1.82, 2.24) is 25.2 Å². The van der Waals surface area contributed by atoms with Crippen LogP contribution in [-0.4, -0.2) is 36.9 Å². The Balaban J connectivity index is 1.64. The number of hydrogen-bond donors (Lipinski definition) is 1. The molecule has 7 nitrogen and oxygen atoms in total. The molecule has 0 atom stereocenters. The van der Waals surface area contributed by atoms with E-state index in [9.17, 15) is 4.79 Å². The quantitative estimate of drug-likeness (QED) is 0.685. The van der Waals surface area contributed by atoms with Crippen LogP contribution in [0.5, 0.6) is 0 Å². The molecule has 0 saturated heterocycles. The summed E-state index contributed by atoms with van der Waals surface area (Å²) >= 11 is 1.28. The predicted molar refractivity (Wildman–Crippen MR) is 96.9 cm³/mol. The zero-order chi connectivity index (χ0) is 17.6. The molecule has 0 radical (unpaired) electrons. The molecule has 8 heteroatoms. The van der Waals surface area contributed by atoms with Crippen LogP contribution in [0.2, 0.25) is 0 Å². The summed E-state index contributed by atoms with van der Waals surface area (Å²) in [5.41, 5.74) is 2.96. The second-order valence-electron chi connectivity index (χ2n) is 5.39. The van der Waals surface area contributed by atoms with Gasteiger partial charge >= 0.3 is 0 Å². The summed E-state index contributed by atoms with van der Waals surface area (Å²) in [5.74, 6) is 0.586. The highest BCUT2D eigenvalue weighted by Crippen LogP contribution is 2.19. The average molecular weight is 354 g/mol. The third-order valence-electron chi connectivity index (χ3n) is 3.52. The summed E-state index contributed by atoms with van der Waals surface area (Å²) in [7, 11) is 0. The third-order valence-corrected chi connectivity index (χ3v) is 4.44. The zero-order valence-electron chi connectivity index (χ0n) is 14.0. The van der Waals surface area contributed by atoms with Gasteiger partial charge in [0.25, 0.3) is 0 Å². The number of benzene rings is 1. The van der Waals surface area contributed by atoms with Crippen molar-refractivity contribution in [2.75, 3.05) is 11.1 Å². The number of pyridine rings is 1. The van der Waals surface area contributed by atoms with Gasteiger partial charge in [0.15, 0.2) is 0 Å². The summed E-state index contributed by atoms with van der Waals surface area (Å²) in [6.07, 6.45) is 0.977. The molecule has 0 aliphatic rings. The molecule has 0 bridgehead atoms. The van der Waals surface area contributed by atoms with Crippen molar-refractivity contribution in [3.05, 3.63) is 53.7 Å². The highest BCUT2D eigenvalue weighted by atomic mass is 32.2. The fourth-order valence-corrected chi connectivity index (χ4v) is 2.92. The van der Waals surface area contributed by atoms with Gasteiger partial charge in [-0.05, 0) is 53.6 Å². The molecule has 1 N–H and O–H groups in total. The van der Waals surface area contributed by atoms with E-state index in [4.69, 9.17) is 0 Å². The molecule has 2 heterocycles. The molecule has 3 rings (SSSR count). The Morgan fingerprint density at radius 3 is 2.72 bits per heavy atom. The fraction of sp³-hybridized carbons (Fsp3) is 0.235. The van der Waals surface area contributed by atoms with Crippen LogP contribution >= 0.6 is 11.8 Å². The van der Waals surface area contributed by atoms with Crippen molar-refractivity contribution < 1.29 is 4.79 Å². The van der Waals surface area contributed by atoms with E-state index in [0.717, 1.165) is 17.8 Å². The second kappa shape index (κ2) is 7.89. The predicted octanol–water partition coefficient (Wildman–Crippen LogP) is 2.66. The van der Waals surface area contributed by atoms with Crippen LogP contribution in [0.1, 0.15) is 18.2 Å². The van der Waals surface area contributed by atoms with Crippen LogP contribution in [0.25, 0.3) is 5.69 Å². The van der Waals surface area contributed by atoms with Gasteiger partial charge in [-0.25, -0.2) is 4.98 Å². The lowest BCUT2D eigenvalue weighted by Crippen LogP contribution is -2.15. The molecule has 0 unspecified atom stereocenters. The van der Waals surface area contributed by atoms with Gasteiger partial charge in [0.1, 0.15) is 5.82 Å². The van der Waals surface area contributed by atoms with Gasteiger partial charge in [-0.1, -0.05) is 36.9 Å². The first kappa shape index (κ1) is 17.1. The number of rotatable bonds is 6. The molecular formula is C17H18N6OS. The number of nitrogens with one attached hydrogen (secondary N) is 1. The van der Waals surface area contributed by atoms with Crippen LogP contribution in [0, 0.1) is 6.92 Å². The van der Waals surface area contributed by atoms with Gasteiger partial charge in [-0.15, -0.1) is 5.10 Å². The zero-order valence-corrected chi connectivity index (χ0v) is 14.8. The van der Waals surface area contributed by atoms with Crippen LogP contribution in [0.3, 0.4) is 0 Å². The molecule has 1 aromatic carbocycles. The number of tetrazole rings is 1. The highest BCUT2D eigenvalue weighted by Gasteiger charge is 2.12. The Morgan fingerprint density at radius 2 is 2.00 bits per heavy atom. The average Bonchev–Trinajstić information content (AvgIpc) is 3.08. The molecule has 128 valence electrons. The smallest absolute Gasteiger partial charge is 0.236 e. The van der Waals surface area contributed by atoms with Gasteiger partial charge < -0.3 is 5.32 Å². The molecular weight excluding hydrogens is 336 g/mol. The van der Waals surface area contributed by atoms with Crippen molar-refractivity contribution in [2.45, 2.75) is 25.4 Å². The Bertz CT molecular complexity index is 862. The van der Waals surface area contributed by atoms with Crippen LogP contribution in [-0.2, 0) is 11.2 Å². The van der Waals surface area contributed by atoms with Gasteiger partial charge in [0.05, 0.1) is 11.4 Å². The lowest BCUT2D eigenvalue weighted by molar-refractivity contribution is -0.113. The van der Waals surface area contributed by atoms with E-state index in [-0.39, 0.29) is 11.7 Å². The Hall–Kier alpha value is -2.74. The SMILES string of the molecule is CCc1ccc(-n2nnnc2SCC(=O)Nc2cccc(C)n2)cc1. The Labute approximate surface area is 149 Å². The standard InChI is InChI=1S/C17H18N6OS/c1-3-13-7-9-14(10-8-13)23-17(20-21-22-23)25-11-16(24)19-15-6-4-5-12(2)18-15/h4-10H,3,11H2,1-2H3,(H,18,19,24). The topological polar surface area (TPSA) is 85.6 Å². The number of amides is 1. The molecule has 3 aromatic rings. The van der Waals surface area contributed by atoms with Crippen molar-refractivity contribution in [2.24, 2.45) is 0 Å². The summed E-state index contributed by atoms with van der Waals surface area (Å²) in [4.78, 5) is 16.4. The molecule has 25 heavy (non-hydrogen) atoms. The molecule has 0 fully saturated rings. The van der Waals surface area contributed by atoms with E-state index < -0.39 is 0 Å². The van der Waals surface area contributed by atoms with Crippen molar-refractivity contribution >= 4 is 23.5 Å². The lowest BCUT2D eigenvalue weighted by atomic mass is 10.1. The van der Waals surface area contributed by atoms with E-state index in [2.05, 4.69) is 32.7 Å². The van der Waals surface area contributed by atoms with E-state index in [1.165, 1.54) is 17.3 Å². The first-order valence-electron chi connectivity index (χ1n) is 7.89. The van der Waals surface area contributed by atoms with E-state index in [1.54, 1.807) is 10.7 Å². The number of carbonyl (C=O) groups excluding carboxylic acids is 1. The minimum Gasteiger partial charge on any atom is -0.310 e. The number of nitrogens with zero attached hydrogens (tertiary/aromatic N) is 5. The van der Waals surface area contributed by atoms with E-state index in [0.29, 0.717) is 11.0 Å². The number of carbonyl (C=O) groups is 1. The molecule has 0 aliphatic heterocycles. The van der Waals surface area contributed by atoms with Crippen LogP contribution in [0.4, 0.5) is 5.82 Å². The summed E-state index contributed by atoms with van der Waals surface area (Å²) < 4.78 is 1.63. The van der Waals surface area contributed by atoms with Gasteiger partial charge in [0, 0.05) is 5.69 Å². The number of anilines is 1. The maximum Gasteiger partial charge on any atom is 0.236 e. The third kappa shape index (κ3) is 4.42. The largest absolute Gasteiger partial charge is 0.310 e. The van der Waals surface area contributed by atoms with E-state index >= 15 is 0 Å². The fourth-order valence-electron chi connectivity index (χ4n) is 2.23. The molecule has 1 amide bonds. The number of hydrogen-bond acceptors (Lipinski definition) is 6. The number of aryl methyl sites for hydroxylation is 2. The number of aromatic nitrogens is 5. The lowest BCUT2D eigenvalue weighted by Gasteiger charge is -2.06. The molecule has 0 aliphatic carbocycles. The van der Waals surface area contributed by atoms with Gasteiger partial charge in [-0.2, -0.15) is 4.68 Å². The normalized spacial score (nSPS) is 10.6. The minimum absolute atomic E-state index is 0.154. The van der Waals surface area contributed by atoms with E-state index in [1.807, 2.05) is 43.3 Å². The maximum atomic E-state index is 12.1. The second-order valence-corrected chi connectivity index (χ2v) is 6.34. The Kier molecular flexibility index (Phi) is 5.39. The van der Waals surface area contributed by atoms with Crippen LogP contribution in [0.15, 0.2) is 47.6 Å². The Morgan fingerprint density at radius 1 is 1.20 bits per heavy atom. The molecule has 0 spiro atoms. The minimum atomic E-state index is -0.154. The highest BCUT2D eigenvalue weighted by molar-refractivity contribution is 7.99. The first-order valence-corrected chi connectivity index (χ1v) is 8.88. The molecule has 2 aromatic heterocycles. The van der Waals surface area contributed by atoms with Crippen molar-refractivity contribution in [3.8, 4) is 5.69 Å². The maximum absolute atomic E-state index is 12.1. The van der Waals surface area contributed by atoms with Gasteiger partial charge in [-0.3, -0.25) is 4.79 Å². The summed E-state index contributed by atoms with van der Waals surface area (Å²) in [5, 5.41) is 15.1. The first-order chi connectivity index (χ1) is 12.2. The van der Waals surface area contributed by atoms with Crippen molar-refractivity contribution in [3.63, 3.8) is 0 Å². The van der Waals surface area contributed by atoms with Gasteiger partial charge in [0.2, 0.25) is 11.1 Å². The molecule has 0 saturated carbocycles. The van der Waals surface area contributed by atoms with Crippen LogP contribution < -0.4 is 5.32 Å². The summed E-state index contributed by atoms with van der Waals surface area (Å²) in [6.45, 7) is 3.98. The van der Waals surface area contributed by atoms with Crippen molar-refractivity contribution in [1.29, 1.82) is 0 Å².